The predicted octanol–water partition coefficient (Wildman–Crippen LogP) is 2.88. The van der Waals surface area contributed by atoms with Gasteiger partial charge in [-0.3, -0.25) is 0 Å². The van der Waals surface area contributed by atoms with E-state index in [2.05, 4.69) is 32.4 Å². The molecule has 0 radical (unpaired) electrons. The molecule has 0 saturated heterocycles. The van der Waals surface area contributed by atoms with E-state index in [9.17, 15) is 0 Å². The van der Waals surface area contributed by atoms with Gasteiger partial charge in [-0.1, -0.05) is 18.2 Å². The summed E-state index contributed by atoms with van der Waals surface area (Å²) in [4.78, 5) is 11.8. The predicted molar refractivity (Wildman–Crippen MR) is 72.4 cm³/mol. The second-order valence-corrected chi connectivity index (χ2v) is 4.21. The molecule has 2 aromatic heterocycles. The van der Waals surface area contributed by atoms with Crippen molar-refractivity contribution in [1.29, 1.82) is 0 Å². The van der Waals surface area contributed by atoms with Gasteiger partial charge in [0.25, 0.3) is 0 Å². The van der Waals surface area contributed by atoms with Crippen molar-refractivity contribution in [2.75, 3.05) is 5.32 Å². The summed E-state index contributed by atoms with van der Waals surface area (Å²) in [7, 11) is 0. The van der Waals surface area contributed by atoms with Crippen LogP contribution in [0.25, 0.3) is 11.2 Å². The van der Waals surface area contributed by atoms with Gasteiger partial charge in [-0.05, 0) is 25.1 Å². The fourth-order valence-electron chi connectivity index (χ4n) is 1.98. The number of aromatic nitrogens is 3. The molecule has 18 heavy (non-hydrogen) atoms. The lowest BCUT2D eigenvalue weighted by Crippen LogP contribution is -2.00. The summed E-state index contributed by atoms with van der Waals surface area (Å²) >= 11 is 0. The topological polar surface area (TPSA) is 53.6 Å². The molecule has 90 valence electrons. The highest BCUT2D eigenvalue weighted by Gasteiger charge is 2.05. The zero-order valence-corrected chi connectivity index (χ0v) is 10.1. The normalized spacial score (nSPS) is 10.7. The molecule has 2 heterocycles. The van der Waals surface area contributed by atoms with Gasteiger partial charge in [-0.2, -0.15) is 0 Å². The third-order valence-corrected chi connectivity index (χ3v) is 2.85. The number of aryl methyl sites for hydroxylation is 1. The second kappa shape index (κ2) is 4.49. The Morgan fingerprint density at radius 3 is 2.83 bits per heavy atom. The van der Waals surface area contributed by atoms with Crippen molar-refractivity contribution in [2.24, 2.45) is 0 Å². The number of nitrogens with zero attached hydrogens (tertiary/aromatic N) is 2. The molecule has 2 N–H and O–H groups in total. The third-order valence-electron chi connectivity index (χ3n) is 2.85. The number of para-hydroxylation sites is 1. The Labute approximate surface area is 105 Å². The number of imidazole rings is 1. The van der Waals surface area contributed by atoms with E-state index in [0.29, 0.717) is 0 Å². The van der Waals surface area contributed by atoms with E-state index in [1.807, 2.05) is 31.2 Å². The lowest BCUT2D eigenvalue weighted by Gasteiger charge is -2.06. The molecular formula is C14H14N4. The van der Waals surface area contributed by atoms with Crippen molar-refractivity contribution in [1.82, 2.24) is 15.0 Å². The lowest BCUT2D eigenvalue weighted by atomic mass is 10.2. The molecule has 0 aliphatic rings. The number of hydrogen-bond acceptors (Lipinski definition) is 3. The molecule has 0 aliphatic carbocycles. The van der Waals surface area contributed by atoms with Gasteiger partial charge in [0.2, 0.25) is 0 Å². The van der Waals surface area contributed by atoms with Gasteiger partial charge < -0.3 is 10.3 Å². The summed E-state index contributed by atoms with van der Waals surface area (Å²) in [6, 6.07) is 12.2. The van der Waals surface area contributed by atoms with Crippen LogP contribution in [0, 0.1) is 6.92 Å². The second-order valence-electron chi connectivity index (χ2n) is 4.21. The van der Waals surface area contributed by atoms with E-state index in [1.54, 1.807) is 6.20 Å². The summed E-state index contributed by atoms with van der Waals surface area (Å²) < 4.78 is 0. The van der Waals surface area contributed by atoms with Crippen molar-refractivity contribution < 1.29 is 0 Å². The van der Waals surface area contributed by atoms with Gasteiger partial charge in [0.1, 0.15) is 5.82 Å². The standard InChI is InChI=1S/C14H14N4/c1-10-17-13-11(7-8-15-14(13)18-10)9-16-12-5-3-2-4-6-12/h2-8,16H,9H2,1H3,(H,15,17,18). The molecule has 0 spiro atoms. The first-order valence-corrected chi connectivity index (χ1v) is 5.92. The van der Waals surface area contributed by atoms with Crippen LogP contribution in [0.4, 0.5) is 5.69 Å². The Morgan fingerprint density at radius 1 is 1.17 bits per heavy atom. The van der Waals surface area contributed by atoms with Crippen LogP contribution in [-0.4, -0.2) is 15.0 Å². The molecule has 4 nitrogen and oxygen atoms in total. The molecule has 0 saturated carbocycles. The van der Waals surface area contributed by atoms with Crippen molar-refractivity contribution in [3.8, 4) is 0 Å². The molecule has 3 rings (SSSR count). The highest BCUT2D eigenvalue weighted by Crippen LogP contribution is 2.15. The van der Waals surface area contributed by atoms with Crippen LogP contribution in [0.2, 0.25) is 0 Å². The summed E-state index contributed by atoms with van der Waals surface area (Å²) in [5.41, 5.74) is 4.07. The molecule has 0 fully saturated rings. The van der Waals surface area contributed by atoms with E-state index in [4.69, 9.17) is 0 Å². The zero-order chi connectivity index (χ0) is 12.4. The Morgan fingerprint density at radius 2 is 2.00 bits per heavy atom. The Bertz CT molecular complexity index is 658. The quantitative estimate of drug-likeness (QED) is 0.737. The average molecular weight is 238 g/mol. The highest BCUT2D eigenvalue weighted by atomic mass is 15.0. The maximum Gasteiger partial charge on any atom is 0.178 e. The molecule has 0 amide bonds. The Kier molecular flexibility index (Phi) is 2.68. The van der Waals surface area contributed by atoms with E-state index in [1.165, 1.54) is 5.56 Å². The molecule has 0 bridgehead atoms. The van der Waals surface area contributed by atoms with Crippen LogP contribution >= 0.6 is 0 Å². The summed E-state index contributed by atoms with van der Waals surface area (Å²) in [5, 5.41) is 3.39. The number of hydrogen-bond donors (Lipinski definition) is 2. The van der Waals surface area contributed by atoms with E-state index < -0.39 is 0 Å². The number of H-pyrrole nitrogens is 1. The first-order chi connectivity index (χ1) is 8.83. The maximum atomic E-state index is 4.33. The first kappa shape index (κ1) is 10.8. The van der Waals surface area contributed by atoms with Crippen molar-refractivity contribution in [3.63, 3.8) is 0 Å². The Balaban J connectivity index is 1.86. The summed E-state index contributed by atoms with van der Waals surface area (Å²) in [5.74, 6) is 0.893. The maximum absolute atomic E-state index is 4.33. The lowest BCUT2D eigenvalue weighted by molar-refractivity contribution is 1.14. The van der Waals surface area contributed by atoms with Gasteiger partial charge >= 0.3 is 0 Å². The third kappa shape index (κ3) is 2.05. The molecule has 4 heteroatoms. The number of pyridine rings is 1. The van der Waals surface area contributed by atoms with Crippen molar-refractivity contribution >= 4 is 16.9 Å². The minimum absolute atomic E-state index is 0.755. The fraction of sp³-hybridized carbons (Fsp3) is 0.143. The van der Waals surface area contributed by atoms with E-state index in [-0.39, 0.29) is 0 Å². The number of aromatic amines is 1. The molecule has 1 aromatic carbocycles. The molecule has 0 aliphatic heterocycles. The molecule has 3 aromatic rings. The van der Waals surface area contributed by atoms with Crippen molar-refractivity contribution in [3.05, 3.63) is 54.0 Å². The highest BCUT2D eigenvalue weighted by molar-refractivity contribution is 5.74. The van der Waals surface area contributed by atoms with Crippen LogP contribution in [0.1, 0.15) is 11.4 Å². The van der Waals surface area contributed by atoms with Gasteiger partial charge in [-0.15, -0.1) is 0 Å². The number of nitrogens with one attached hydrogen (secondary N) is 2. The largest absolute Gasteiger partial charge is 0.381 e. The van der Waals surface area contributed by atoms with Crippen LogP contribution in [-0.2, 0) is 6.54 Å². The van der Waals surface area contributed by atoms with Crippen LogP contribution < -0.4 is 5.32 Å². The summed E-state index contributed by atoms with van der Waals surface area (Å²) in [6.07, 6.45) is 1.80. The van der Waals surface area contributed by atoms with Gasteiger partial charge in [0, 0.05) is 24.0 Å². The van der Waals surface area contributed by atoms with Gasteiger partial charge in [0.05, 0.1) is 5.52 Å². The van der Waals surface area contributed by atoms with Crippen LogP contribution in [0.5, 0.6) is 0 Å². The molecule has 0 atom stereocenters. The Hall–Kier alpha value is -2.36. The average Bonchev–Trinajstić information content (AvgIpc) is 2.78. The minimum atomic E-state index is 0.755. The summed E-state index contributed by atoms with van der Waals surface area (Å²) in [6.45, 7) is 2.70. The monoisotopic (exact) mass is 238 g/mol. The van der Waals surface area contributed by atoms with E-state index in [0.717, 1.165) is 29.2 Å². The van der Waals surface area contributed by atoms with Gasteiger partial charge in [0.15, 0.2) is 5.65 Å². The number of rotatable bonds is 3. The fourth-order valence-corrected chi connectivity index (χ4v) is 1.98. The van der Waals surface area contributed by atoms with Crippen LogP contribution in [0.3, 0.4) is 0 Å². The molecular weight excluding hydrogens is 224 g/mol. The van der Waals surface area contributed by atoms with Crippen LogP contribution in [0.15, 0.2) is 42.6 Å². The number of benzene rings is 1. The SMILES string of the molecule is Cc1nc2nccc(CNc3ccccc3)c2[nH]1. The number of anilines is 1. The molecule has 0 unspecified atom stereocenters. The number of fused-ring (bicyclic) bond motifs is 1. The smallest absolute Gasteiger partial charge is 0.178 e. The van der Waals surface area contributed by atoms with E-state index >= 15 is 0 Å². The zero-order valence-electron chi connectivity index (χ0n) is 10.1. The van der Waals surface area contributed by atoms with Gasteiger partial charge in [-0.25, -0.2) is 9.97 Å². The minimum Gasteiger partial charge on any atom is -0.381 e. The first-order valence-electron chi connectivity index (χ1n) is 5.92. The van der Waals surface area contributed by atoms with Crippen molar-refractivity contribution in [2.45, 2.75) is 13.5 Å².